The number of para-hydroxylation sites is 1. The highest BCUT2D eigenvalue weighted by molar-refractivity contribution is 6.56. The molecule has 0 atom stereocenters. The highest BCUT2D eigenvalue weighted by Gasteiger charge is 2.24. The minimum Gasteiger partial charge on any atom is -0.322 e. The average molecular weight is 369 g/mol. The van der Waals surface area contributed by atoms with Gasteiger partial charge in [-0.3, -0.25) is 4.79 Å². The largest absolute Gasteiger partial charge is 0.322 e. The van der Waals surface area contributed by atoms with Gasteiger partial charge in [-0.25, -0.2) is 0 Å². The van der Waals surface area contributed by atoms with Crippen molar-refractivity contribution in [2.75, 3.05) is 5.32 Å². The molecule has 2 nitrogen and oxygen atoms in total. The molecule has 0 saturated carbocycles. The number of carbonyl (C=O) groups excluding carboxylic acids is 1. The lowest BCUT2D eigenvalue weighted by molar-refractivity contribution is 0.102. The van der Waals surface area contributed by atoms with Crippen LogP contribution in [0.25, 0.3) is 0 Å². The van der Waals surface area contributed by atoms with E-state index >= 15 is 0 Å². The van der Waals surface area contributed by atoms with Crippen molar-refractivity contribution in [3.05, 3.63) is 61.0 Å². The summed E-state index contributed by atoms with van der Waals surface area (Å²) in [6.45, 7) is 0. The quantitative estimate of drug-likeness (QED) is 0.495. The molecule has 0 spiro atoms. The van der Waals surface area contributed by atoms with Crippen molar-refractivity contribution < 1.29 is 4.79 Å². The van der Waals surface area contributed by atoms with E-state index in [0.29, 0.717) is 5.69 Å². The van der Waals surface area contributed by atoms with Crippen LogP contribution < -0.4 is 5.32 Å². The maximum Gasteiger partial charge on any atom is 0.258 e. The molecular formula is C13H6Cl5NO. The molecule has 0 fully saturated rings. The minimum absolute atomic E-state index is 0.0130. The molecule has 0 aliphatic rings. The summed E-state index contributed by atoms with van der Waals surface area (Å²) in [4.78, 5) is 12.2. The van der Waals surface area contributed by atoms with Crippen LogP contribution in [0.2, 0.25) is 25.1 Å². The van der Waals surface area contributed by atoms with Gasteiger partial charge in [0.1, 0.15) is 0 Å². The Labute approximate surface area is 140 Å². The topological polar surface area (TPSA) is 29.1 Å². The smallest absolute Gasteiger partial charge is 0.258 e. The number of halogens is 5. The second kappa shape index (κ2) is 6.42. The molecule has 2 aromatic rings. The standard InChI is InChI=1S/C13H6Cl5NO/c14-8-7(9(15)11(17)12(18)10(8)16)13(20)19-6-4-2-1-3-5-6/h1-5H,(H,19,20). The number of amides is 1. The van der Waals surface area contributed by atoms with Crippen molar-refractivity contribution in [1.82, 2.24) is 0 Å². The van der Waals surface area contributed by atoms with E-state index in [1.165, 1.54) is 0 Å². The maximum atomic E-state index is 12.2. The van der Waals surface area contributed by atoms with Crippen molar-refractivity contribution in [2.45, 2.75) is 0 Å². The summed E-state index contributed by atoms with van der Waals surface area (Å²) in [5, 5.41) is 2.55. The number of hydrogen-bond donors (Lipinski definition) is 1. The number of benzene rings is 2. The first-order chi connectivity index (χ1) is 9.43. The van der Waals surface area contributed by atoms with E-state index in [0.717, 1.165) is 0 Å². The zero-order valence-electron chi connectivity index (χ0n) is 9.68. The predicted octanol–water partition coefficient (Wildman–Crippen LogP) is 6.21. The monoisotopic (exact) mass is 367 g/mol. The summed E-state index contributed by atoms with van der Waals surface area (Å²) in [5.41, 5.74) is 0.573. The summed E-state index contributed by atoms with van der Waals surface area (Å²) in [7, 11) is 0. The first-order valence-corrected chi connectivity index (χ1v) is 7.20. The Hall–Kier alpha value is -0.640. The van der Waals surface area contributed by atoms with E-state index in [2.05, 4.69) is 5.32 Å². The molecular weight excluding hydrogens is 363 g/mol. The molecule has 0 heterocycles. The van der Waals surface area contributed by atoms with Crippen molar-refractivity contribution in [3.8, 4) is 0 Å². The van der Waals surface area contributed by atoms with Crippen molar-refractivity contribution in [3.63, 3.8) is 0 Å². The SMILES string of the molecule is O=C(Nc1ccccc1)c1c(Cl)c(Cl)c(Cl)c(Cl)c1Cl. The van der Waals surface area contributed by atoms with Gasteiger partial charge >= 0.3 is 0 Å². The number of rotatable bonds is 2. The van der Waals surface area contributed by atoms with Gasteiger partial charge in [-0.05, 0) is 12.1 Å². The fraction of sp³-hybridized carbons (Fsp3) is 0. The summed E-state index contributed by atoms with van der Waals surface area (Å²) in [6, 6.07) is 8.82. The first-order valence-electron chi connectivity index (χ1n) is 5.31. The van der Waals surface area contributed by atoms with E-state index in [4.69, 9.17) is 58.0 Å². The van der Waals surface area contributed by atoms with Gasteiger partial charge in [0.2, 0.25) is 0 Å². The van der Waals surface area contributed by atoms with E-state index < -0.39 is 5.91 Å². The van der Waals surface area contributed by atoms with Crippen LogP contribution in [0, 0.1) is 0 Å². The molecule has 104 valence electrons. The highest BCUT2D eigenvalue weighted by Crippen LogP contribution is 2.44. The molecule has 0 bridgehead atoms. The molecule has 0 unspecified atom stereocenters. The van der Waals surface area contributed by atoms with Gasteiger partial charge in [-0.1, -0.05) is 76.2 Å². The predicted molar refractivity (Wildman–Crippen MR) is 85.9 cm³/mol. The molecule has 7 heteroatoms. The van der Waals surface area contributed by atoms with Gasteiger partial charge in [-0.15, -0.1) is 0 Å². The molecule has 2 rings (SSSR count). The Morgan fingerprint density at radius 2 is 1.20 bits per heavy atom. The number of carbonyl (C=O) groups is 1. The van der Waals surface area contributed by atoms with Gasteiger partial charge in [0.15, 0.2) is 0 Å². The van der Waals surface area contributed by atoms with E-state index in [1.54, 1.807) is 24.3 Å². The number of anilines is 1. The van der Waals surface area contributed by atoms with Gasteiger partial charge < -0.3 is 5.32 Å². The third-order valence-corrected chi connectivity index (χ3v) is 4.75. The van der Waals surface area contributed by atoms with Crippen LogP contribution in [-0.2, 0) is 0 Å². The van der Waals surface area contributed by atoms with Crippen molar-refractivity contribution in [1.29, 1.82) is 0 Å². The van der Waals surface area contributed by atoms with Crippen LogP contribution in [0.15, 0.2) is 30.3 Å². The van der Waals surface area contributed by atoms with Gasteiger partial charge in [-0.2, -0.15) is 0 Å². The van der Waals surface area contributed by atoms with E-state index in [1.807, 2.05) is 6.07 Å². The lowest BCUT2D eigenvalue weighted by atomic mass is 10.2. The zero-order valence-corrected chi connectivity index (χ0v) is 13.5. The van der Waals surface area contributed by atoms with E-state index in [9.17, 15) is 4.79 Å². The molecule has 0 radical (unpaired) electrons. The summed E-state index contributed by atoms with van der Waals surface area (Å²) >= 11 is 29.7. The minimum atomic E-state index is -0.522. The molecule has 20 heavy (non-hydrogen) atoms. The van der Waals surface area contributed by atoms with Crippen LogP contribution in [0.5, 0.6) is 0 Å². The van der Waals surface area contributed by atoms with Crippen LogP contribution in [0.3, 0.4) is 0 Å². The molecule has 1 N–H and O–H groups in total. The van der Waals surface area contributed by atoms with Crippen LogP contribution in [0.4, 0.5) is 5.69 Å². The molecule has 0 aliphatic carbocycles. The van der Waals surface area contributed by atoms with Crippen LogP contribution in [-0.4, -0.2) is 5.91 Å². The average Bonchev–Trinajstić information content (AvgIpc) is 2.44. The van der Waals surface area contributed by atoms with Crippen LogP contribution >= 0.6 is 58.0 Å². The molecule has 0 aliphatic heterocycles. The second-order valence-corrected chi connectivity index (χ2v) is 5.65. The Bertz CT molecular complexity index is 643. The normalized spacial score (nSPS) is 10.4. The summed E-state index contributed by atoms with van der Waals surface area (Å²) in [5.74, 6) is -0.522. The van der Waals surface area contributed by atoms with Gasteiger partial charge in [0.05, 0.1) is 30.7 Å². The summed E-state index contributed by atoms with van der Waals surface area (Å²) < 4.78 is 0. The fourth-order valence-corrected chi connectivity index (χ4v) is 2.83. The lowest BCUT2D eigenvalue weighted by Gasteiger charge is -2.12. The molecule has 0 aromatic heterocycles. The fourth-order valence-electron chi connectivity index (χ4n) is 1.52. The third-order valence-electron chi connectivity index (χ3n) is 2.47. The highest BCUT2D eigenvalue weighted by atomic mass is 35.5. The Kier molecular flexibility index (Phi) is 5.05. The van der Waals surface area contributed by atoms with E-state index in [-0.39, 0.29) is 30.7 Å². The van der Waals surface area contributed by atoms with Crippen molar-refractivity contribution in [2.24, 2.45) is 0 Å². The van der Waals surface area contributed by atoms with Gasteiger partial charge in [0.25, 0.3) is 5.91 Å². The van der Waals surface area contributed by atoms with Crippen molar-refractivity contribution >= 4 is 69.6 Å². The Balaban J connectivity index is 2.45. The number of hydrogen-bond acceptors (Lipinski definition) is 1. The molecule has 2 aromatic carbocycles. The summed E-state index contributed by atoms with van der Waals surface area (Å²) in [6.07, 6.45) is 0. The Morgan fingerprint density at radius 3 is 1.70 bits per heavy atom. The third kappa shape index (κ3) is 3.00. The Morgan fingerprint density at radius 1 is 0.750 bits per heavy atom. The maximum absolute atomic E-state index is 12.2. The lowest BCUT2D eigenvalue weighted by Crippen LogP contribution is -2.13. The molecule has 1 amide bonds. The molecule has 0 saturated heterocycles. The zero-order chi connectivity index (χ0) is 14.9. The number of nitrogens with one attached hydrogen (secondary N) is 1. The van der Waals surface area contributed by atoms with Crippen LogP contribution in [0.1, 0.15) is 10.4 Å². The second-order valence-electron chi connectivity index (χ2n) is 3.77. The first kappa shape index (κ1) is 15.7. The van der Waals surface area contributed by atoms with Gasteiger partial charge in [0, 0.05) is 5.69 Å².